The van der Waals surface area contributed by atoms with Crippen LogP contribution in [0.5, 0.6) is 0 Å². The monoisotopic (exact) mass is 300 g/mol. The average Bonchev–Trinajstić information content (AvgIpc) is 2.29. The van der Waals surface area contributed by atoms with Gasteiger partial charge in [-0.3, -0.25) is 0 Å². The summed E-state index contributed by atoms with van der Waals surface area (Å²) in [6.45, 7) is 10.4. The number of nitrogens with one attached hydrogen (secondary N) is 1. The van der Waals surface area contributed by atoms with Gasteiger partial charge in [-0.2, -0.15) is 4.98 Å². The number of hydrogen-bond acceptors (Lipinski definition) is 4. The molecule has 1 N–H and O–H groups in total. The lowest BCUT2D eigenvalue weighted by Crippen LogP contribution is -2.32. The quantitative estimate of drug-likeness (QED) is 0.875. The standard InChI is InChI=1S/C12H21BrN4/c1-5-7-17(9(3)4)11-10(13)8-15-12(16-11)14-6-2/h8-9H,5-7H2,1-4H3,(H,14,15,16). The molecule has 0 atom stereocenters. The lowest BCUT2D eigenvalue weighted by atomic mass is 10.3. The topological polar surface area (TPSA) is 41.1 Å². The van der Waals surface area contributed by atoms with Gasteiger partial charge in [0.2, 0.25) is 5.95 Å². The number of hydrogen-bond donors (Lipinski definition) is 1. The number of anilines is 2. The van der Waals surface area contributed by atoms with Crippen LogP contribution >= 0.6 is 15.9 Å². The maximum absolute atomic E-state index is 4.56. The van der Waals surface area contributed by atoms with Crippen molar-refractivity contribution >= 4 is 27.7 Å². The van der Waals surface area contributed by atoms with E-state index in [1.807, 2.05) is 13.1 Å². The highest BCUT2D eigenvalue weighted by Gasteiger charge is 2.15. The van der Waals surface area contributed by atoms with Gasteiger partial charge in [0.15, 0.2) is 0 Å². The molecule has 0 aliphatic carbocycles. The molecule has 5 heteroatoms. The van der Waals surface area contributed by atoms with E-state index < -0.39 is 0 Å². The Morgan fingerprint density at radius 1 is 1.41 bits per heavy atom. The van der Waals surface area contributed by atoms with Crippen LogP contribution in [-0.4, -0.2) is 29.1 Å². The molecule has 4 nitrogen and oxygen atoms in total. The lowest BCUT2D eigenvalue weighted by molar-refractivity contribution is 0.660. The first-order chi connectivity index (χ1) is 8.10. The van der Waals surface area contributed by atoms with Crippen LogP contribution < -0.4 is 10.2 Å². The van der Waals surface area contributed by atoms with E-state index in [9.17, 15) is 0 Å². The van der Waals surface area contributed by atoms with E-state index >= 15 is 0 Å². The number of rotatable bonds is 6. The Hall–Kier alpha value is -0.840. The van der Waals surface area contributed by atoms with Crippen molar-refractivity contribution < 1.29 is 0 Å². The van der Waals surface area contributed by atoms with E-state index in [4.69, 9.17) is 0 Å². The normalized spacial score (nSPS) is 10.7. The molecule has 0 saturated heterocycles. The second-order valence-electron chi connectivity index (χ2n) is 4.18. The largest absolute Gasteiger partial charge is 0.354 e. The summed E-state index contributed by atoms with van der Waals surface area (Å²) in [5.74, 6) is 1.65. The molecule has 1 aromatic heterocycles. The summed E-state index contributed by atoms with van der Waals surface area (Å²) in [6.07, 6.45) is 2.91. The summed E-state index contributed by atoms with van der Waals surface area (Å²) in [5.41, 5.74) is 0. The first-order valence-electron chi connectivity index (χ1n) is 6.13. The SMILES string of the molecule is CCCN(c1nc(NCC)ncc1Br)C(C)C. The molecular formula is C12H21BrN4. The molecule has 96 valence electrons. The Morgan fingerprint density at radius 3 is 2.65 bits per heavy atom. The Balaban J connectivity index is 3.03. The molecule has 17 heavy (non-hydrogen) atoms. The summed E-state index contributed by atoms with van der Waals surface area (Å²) in [6, 6.07) is 0.427. The zero-order valence-electron chi connectivity index (χ0n) is 11.0. The van der Waals surface area contributed by atoms with Crippen LogP contribution in [-0.2, 0) is 0 Å². The Labute approximate surface area is 112 Å². The molecule has 0 aliphatic rings. The highest BCUT2D eigenvalue weighted by molar-refractivity contribution is 9.10. The molecule has 0 amide bonds. The summed E-state index contributed by atoms with van der Waals surface area (Å²) in [4.78, 5) is 11.1. The minimum atomic E-state index is 0.427. The highest BCUT2D eigenvalue weighted by Crippen LogP contribution is 2.26. The van der Waals surface area contributed by atoms with E-state index in [1.54, 1.807) is 0 Å². The molecule has 0 spiro atoms. The maximum atomic E-state index is 4.56. The van der Waals surface area contributed by atoms with Crippen LogP contribution in [0.3, 0.4) is 0 Å². The first-order valence-corrected chi connectivity index (χ1v) is 6.92. The van der Waals surface area contributed by atoms with Crippen LogP contribution in [0.4, 0.5) is 11.8 Å². The van der Waals surface area contributed by atoms with Gasteiger partial charge in [0.25, 0.3) is 0 Å². The van der Waals surface area contributed by atoms with E-state index in [0.717, 1.165) is 29.8 Å². The van der Waals surface area contributed by atoms with Crippen LogP contribution in [0.15, 0.2) is 10.7 Å². The second-order valence-corrected chi connectivity index (χ2v) is 5.04. The third-order valence-corrected chi connectivity index (χ3v) is 2.98. The molecule has 0 radical (unpaired) electrons. The van der Waals surface area contributed by atoms with Crippen LogP contribution in [0, 0.1) is 0 Å². The predicted molar refractivity (Wildman–Crippen MR) is 76.7 cm³/mol. The van der Waals surface area contributed by atoms with Crippen molar-refractivity contribution in [2.24, 2.45) is 0 Å². The molecule has 0 aliphatic heterocycles. The van der Waals surface area contributed by atoms with Gasteiger partial charge >= 0.3 is 0 Å². The molecule has 1 aromatic rings. The smallest absolute Gasteiger partial charge is 0.224 e. The Morgan fingerprint density at radius 2 is 2.12 bits per heavy atom. The van der Waals surface area contributed by atoms with Crippen molar-refractivity contribution in [3.63, 3.8) is 0 Å². The van der Waals surface area contributed by atoms with Crippen molar-refractivity contribution in [2.75, 3.05) is 23.3 Å². The van der Waals surface area contributed by atoms with Gasteiger partial charge in [0, 0.05) is 25.3 Å². The van der Waals surface area contributed by atoms with Gasteiger partial charge in [0.1, 0.15) is 5.82 Å². The third-order valence-electron chi connectivity index (χ3n) is 2.42. The molecule has 0 bridgehead atoms. The van der Waals surface area contributed by atoms with Crippen LogP contribution in [0.1, 0.15) is 34.1 Å². The second kappa shape index (κ2) is 6.79. The van der Waals surface area contributed by atoms with E-state index in [2.05, 4.69) is 56.9 Å². The fourth-order valence-corrected chi connectivity index (χ4v) is 2.07. The molecule has 0 fully saturated rings. The minimum absolute atomic E-state index is 0.427. The molecule has 0 saturated carbocycles. The molecule has 0 unspecified atom stereocenters. The fraction of sp³-hybridized carbons (Fsp3) is 0.667. The minimum Gasteiger partial charge on any atom is -0.354 e. The zero-order valence-corrected chi connectivity index (χ0v) is 12.6. The van der Waals surface area contributed by atoms with Gasteiger partial charge in [0.05, 0.1) is 4.47 Å². The van der Waals surface area contributed by atoms with Gasteiger partial charge in [-0.1, -0.05) is 6.92 Å². The maximum Gasteiger partial charge on any atom is 0.224 e. The van der Waals surface area contributed by atoms with Gasteiger partial charge in [-0.25, -0.2) is 4.98 Å². The molecule has 1 heterocycles. The van der Waals surface area contributed by atoms with Crippen LogP contribution in [0.25, 0.3) is 0 Å². The van der Waals surface area contributed by atoms with E-state index in [-0.39, 0.29) is 0 Å². The average molecular weight is 301 g/mol. The summed E-state index contributed by atoms with van der Waals surface area (Å²) < 4.78 is 0.946. The number of halogens is 1. The summed E-state index contributed by atoms with van der Waals surface area (Å²) >= 11 is 3.53. The highest BCUT2D eigenvalue weighted by atomic mass is 79.9. The van der Waals surface area contributed by atoms with Gasteiger partial charge in [-0.05, 0) is 43.1 Å². The van der Waals surface area contributed by atoms with E-state index in [0.29, 0.717) is 12.0 Å². The molecule has 1 rings (SSSR count). The van der Waals surface area contributed by atoms with Crippen molar-refractivity contribution in [1.29, 1.82) is 0 Å². The van der Waals surface area contributed by atoms with Gasteiger partial charge < -0.3 is 10.2 Å². The van der Waals surface area contributed by atoms with Crippen molar-refractivity contribution in [3.05, 3.63) is 10.7 Å². The van der Waals surface area contributed by atoms with E-state index in [1.165, 1.54) is 0 Å². The Bertz CT molecular complexity index is 354. The Kier molecular flexibility index (Phi) is 5.68. The molecular weight excluding hydrogens is 280 g/mol. The fourth-order valence-electron chi connectivity index (χ4n) is 1.65. The van der Waals surface area contributed by atoms with Crippen molar-refractivity contribution in [1.82, 2.24) is 9.97 Å². The lowest BCUT2D eigenvalue weighted by Gasteiger charge is -2.28. The number of nitrogens with zero attached hydrogens (tertiary/aromatic N) is 3. The number of aromatic nitrogens is 2. The van der Waals surface area contributed by atoms with Crippen molar-refractivity contribution in [3.8, 4) is 0 Å². The third kappa shape index (κ3) is 3.84. The van der Waals surface area contributed by atoms with Gasteiger partial charge in [-0.15, -0.1) is 0 Å². The predicted octanol–water partition coefficient (Wildman–Crippen LogP) is 3.30. The van der Waals surface area contributed by atoms with Crippen molar-refractivity contribution in [2.45, 2.75) is 40.2 Å². The summed E-state index contributed by atoms with van der Waals surface area (Å²) in [5, 5.41) is 3.14. The zero-order chi connectivity index (χ0) is 12.8. The first kappa shape index (κ1) is 14.2. The molecule has 0 aromatic carbocycles. The summed E-state index contributed by atoms with van der Waals surface area (Å²) in [7, 11) is 0. The van der Waals surface area contributed by atoms with Crippen LogP contribution in [0.2, 0.25) is 0 Å².